The summed E-state index contributed by atoms with van der Waals surface area (Å²) in [7, 11) is 3.16. The molecule has 1 aromatic heterocycles. The van der Waals surface area contributed by atoms with Crippen molar-refractivity contribution in [3.63, 3.8) is 0 Å². The predicted octanol–water partition coefficient (Wildman–Crippen LogP) is 2.87. The maximum Gasteiger partial charge on any atom is 0.251 e. The van der Waals surface area contributed by atoms with E-state index in [2.05, 4.69) is 35.4 Å². The van der Waals surface area contributed by atoms with E-state index >= 15 is 0 Å². The highest BCUT2D eigenvalue weighted by molar-refractivity contribution is 5.95. The lowest BCUT2D eigenvalue weighted by atomic mass is 9.97. The van der Waals surface area contributed by atoms with Gasteiger partial charge in [0.1, 0.15) is 11.5 Å². The summed E-state index contributed by atoms with van der Waals surface area (Å²) in [6, 6.07) is 5.23. The first-order valence-corrected chi connectivity index (χ1v) is 10.3. The molecule has 3 rings (SSSR count). The molecule has 7 nitrogen and oxygen atoms in total. The second-order valence-corrected chi connectivity index (χ2v) is 7.65. The fourth-order valence-electron chi connectivity index (χ4n) is 3.86. The zero-order chi connectivity index (χ0) is 20.8. The van der Waals surface area contributed by atoms with E-state index in [-0.39, 0.29) is 5.91 Å². The Hall–Kier alpha value is -2.54. The smallest absolute Gasteiger partial charge is 0.251 e. The van der Waals surface area contributed by atoms with Crippen LogP contribution in [0.1, 0.15) is 41.4 Å². The van der Waals surface area contributed by atoms with Crippen molar-refractivity contribution in [1.82, 2.24) is 20.0 Å². The van der Waals surface area contributed by atoms with E-state index in [4.69, 9.17) is 9.47 Å². The molecule has 0 bridgehead atoms. The Labute approximate surface area is 173 Å². The van der Waals surface area contributed by atoms with Crippen LogP contribution in [0.5, 0.6) is 11.5 Å². The van der Waals surface area contributed by atoms with Gasteiger partial charge in [0.25, 0.3) is 5.91 Å². The summed E-state index contributed by atoms with van der Waals surface area (Å²) in [5, 5.41) is 7.63. The summed E-state index contributed by atoms with van der Waals surface area (Å²) < 4.78 is 12.5. The lowest BCUT2D eigenvalue weighted by Crippen LogP contribution is -2.40. The normalized spacial score (nSPS) is 17.2. The average Bonchev–Trinajstić information content (AvgIpc) is 3.11. The summed E-state index contributed by atoms with van der Waals surface area (Å²) >= 11 is 0. The van der Waals surface area contributed by atoms with Crippen molar-refractivity contribution >= 4 is 5.91 Å². The largest absolute Gasteiger partial charge is 0.497 e. The number of carbonyl (C=O) groups is 1. The highest BCUT2D eigenvalue weighted by atomic mass is 16.5. The molecule has 29 heavy (non-hydrogen) atoms. The maximum atomic E-state index is 12.6. The van der Waals surface area contributed by atoms with Gasteiger partial charge >= 0.3 is 0 Å². The van der Waals surface area contributed by atoms with Gasteiger partial charge in [-0.25, -0.2) is 0 Å². The minimum Gasteiger partial charge on any atom is -0.497 e. The quantitative estimate of drug-likeness (QED) is 0.738. The maximum absolute atomic E-state index is 12.6. The molecule has 0 saturated carbocycles. The second kappa shape index (κ2) is 9.78. The van der Waals surface area contributed by atoms with Crippen molar-refractivity contribution in [2.75, 3.05) is 33.9 Å². The van der Waals surface area contributed by atoms with Crippen LogP contribution < -0.4 is 14.8 Å². The first kappa shape index (κ1) is 21.2. The number of ether oxygens (including phenoxy) is 2. The molecule has 2 aromatic rings. The third kappa shape index (κ3) is 5.50. The SMILES string of the molecule is CCn1cc(CN2CCC[C@H](CNC(=O)c3cc(OC)cc(OC)c3)C2)c(C)n1. The molecule has 2 heterocycles. The van der Waals surface area contributed by atoms with Gasteiger partial charge in [-0.1, -0.05) is 0 Å². The Kier molecular flexibility index (Phi) is 7.14. The zero-order valence-corrected chi connectivity index (χ0v) is 17.9. The number of methoxy groups -OCH3 is 2. The summed E-state index contributed by atoms with van der Waals surface area (Å²) in [6.07, 6.45) is 4.43. The molecule has 1 N–H and O–H groups in total. The predicted molar refractivity (Wildman–Crippen MR) is 113 cm³/mol. The number of rotatable bonds is 8. The standard InChI is InChI=1S/C22H32N4O3/c1-5-26-15-19(16(2)24-26)14-25-8-6-7-17(13-25)12-23-22(27)18-9-20(28-3)11-21(10-18)29-4/h9-11,15,17H,5-8,12-14H2,1-4H3,(H,23,27)/t17-/m1/s1. The fourth-order valence-corrected chi connectivity index (χ4v) is 3.86. The highest BCUT2D eigenvalue weighted by Crippen LogP contribution is 2.23. The molecule has 7 heteroatoms. The zero-order valence-electron chi connectivity index (χ0n) is 17.9. The van der Waals surface area contributed by atoms with E-state index in [0.29, 0.717) is 29.5 Å². The third-order valence-electron chi connectivity index (χ3n) is 5.53. The van der Waals surface area contributed by atoms with Gasteiger partial charge in [-0.2, -0.15) is 5.10 Å². The molecule has 1 amide bonds. The number of benzene rings is 1. The molecule has 1 aliphatic heterocycles. The number of aryl methyl sites for hydroxylation is 2. The van der Waals surface area contributed by atoms with Crippen LogP contribution >= 0.6 is 0 Å². The monoisotopic (exact) mass is 400 g/mol. The molecular formula is C22H32N4O3. The molecule has 1 aliphatic rings. The Morgan fingerprint density at radius 2 is 1.97 bits per heavy atom. The van der Waals surface area contributed by atoms with Gasteiger partial charge in [-0.15, -0.1) is 0 Å². The highest BCUT2D eigenvalue weighted by Gasteiger charge is 2.22. The van der Waals surface area contributed by atoms with E-state index in [9.17, 15) is 4.79 Å². The van der Waals surface area contributed by atoms with Gasteiger partial charge in [-0.05, 0) is 51.3 Å². The number of carbonyl (C=O) groups excluding carboxylic acids is 1. The number of amides is 1. The van der Waals surface area contributed by atoms with Gasteiger partial charge in [0.05, 0.1) is 19.9 Å². The van der Waals surface area contributed by atoms with Crippen LogP contribution in [-0.2, 0) is 13.1 Å². The van der Waals surface area contributed by atoms with Crippen molar-refractivity contribution in [3.8, 4) is 11.5 Å². The Morgan fingerprint density at radius 1 is 1.24 bits per heavy atom. The fraction of sp³-hybridized carbons (Fsp3) is 0.545. The Morgan fingerprint density at radius 3 is 2.59 bits per heavy atom. The summed E-state index contributed by atoms with van der Waals surface area (Å²) in [6.45, 7) is 8.74. The molecule has 1 saturated heterocycles. The van der Waals surface area contributed by atoms with Crippen molar-refractivity contribution in [1.29, 1.82) is 0 Å². The van der Waals surface area contributed by atoms with Crippen LogP contribution in [0.2, 0.25) is 0 Å². The summed E-state index contributed by atoms with van der Waals surface area (Å²) in [5.41, 5.74) is 2.95. The van der Waals surface area contributed by atoms with Crippen LogP contribution in [0.3, 0.4) is 0 Å². The molecule has 0 aliphatic carbocycles. The van der Waals surface area contributed by atoms with Crippen molar-refractivity contribution in [2.45, 2.75) is 39.8 Å². The van der Waals surface area contributed by atoms with Gasteiger partial charge < -0.3 is 14.8 Å². The van der Waals surface area contributed by atoms with Crippen LogP contribution in [0, 0.1) is 12.8 Å². The average molecular weight is 401 g/mol. The van der Waals surface area contributed by atoms with Crippen LogP contribution in [0.25, 0.3) is 0 Å². The van der Waals surface area contributed by atoms with E-state index < -0.39 is 0 Å². The van der Waals surface area contributed by atoms with Gasteiger partial charge in [-0.3, -0.25) is 14.4 Å². The number of nitrogens with one attached hydrogen (secondary N) is 1. The summed E-state index contributed by atoms with van der Waals surface area (Å²) in [4.78, 5) is 15.1. The van der Waals surface area contributed by atoms with Gasteiger partial charge in [0.15, 0.2) is 0 Å². The topological polar surface area (TPSA) is 68.6 Å². The molecular weight excluding hydrogens is 368 g/mol. The molecule has 158 valence electrons. The lowest BCUT2D eigenvalue weighted by molar-refractivity contribution is 0.0930. The second-order valence-electron chi connectivity index (χ2n) is 7.65. The molecule has 0 unspecified atom stereocenters. The Balaban J connectivity index is 1.55. The minimum atomic E-state index is -0.0978. The third-order valence-corrected chi connectivity index (χ3v) is 5.53. The van der Waals surface area contributed by atoms with Crippen LogP contribution in [-0.4, -0.2) is 54.4 Å². The van der Waals surface area contributed by atoms with E-state index in [1.807, 2.05) is 4.68 Å². The molecule has 0 spiro atoms. The van der Waals surface area contributed by atoms with E-state index in [1.54, 1.807) is 32.4 Å². The number of aromatic nitrogens is 2. The number of hydrogen-bond donors (Lipinski definition) is 1. The molecule has 1 fully saturated rings. The first-order valence-electron chi connectivity index (χ1n) is 10.3. The molecule has 1 aromatic carbocycles. The van der Waals surface area contributed by atoms with Crippen molar-refractivity contribution in [3.05, 3.63) is 41.2 Å². The Bertz CT molecular complexity index is 811. The molecule has 1 atom stereocenters. The van der Waals surface area contributed by atoms with E-state index in [0.717, 1.165) is 44.7 Å². The van der Waals surface area contributed by atoms with E-state index in [1.165, 1.54) is 5.56 Å². The van der Waals surface area contributed by atoms with Gasteiger partial charge in [0.2, 0.25) is 0 Å². The number of likely N-dealkylation sites (tertiary alicyclic amines) is 1. The van der Waals surface area contributed by atoms with Crippen LogP contribution in [0.4, 0.5) is 0 Å². The lowest BCUT2D eigenvalue weighted by Gasteiger charge is -2.32. The number of piperidine rings is 1. The summed E-state index contributed by atoms with van der Waals surface area (Å²) in [5.74, 6) is 1.57. The van der Waals surface area contributed by atoms with Crippen LogP contribution in [0.15, 0.2) is 24.4 Å². The van der Waals surface area contributed by atoms with Gasteiger partial charge in [0, 0.05) is 49.6 Å². The number of nitrogens with zero attached hydrogens (tertiary/aromatic N) is 3. The minimum absolute atomic E-state index is 0.0978. The van der Waals surface area contributed by atoms with Crippen molar-refractivity contribution in [2.24, 2.45) is 5.92 Å². The molecule has 0 radical (unpaired) electrons. The first-order chi connectivity index (χ1) is 14.0. The van der Waals surface area contributed by atoms with Crippen molar-refractivity contribution < 1.29 is 14.3 Å². The number of hydrogen-bond acceptors (Lipinski definition) is 5.